The first-order valence-electron chi connectivity index (χ1n) is 9.99. The van der Waals surface area contributed by atoms with E-state index in [4.69, 9.17) is 0 Å². The molecule has 152 valence electrons. The third-order valence-electron chi connectivity index (χ3n) is 5.13. The number of aryl methyl sites for hydroxylation is 1. The predicted octanol–water partition coefficient (Wildman–Crippen LogP) is 5.28. The highest BCUT2D eigenvalue weighted by molar-refractivity contribution is 6.14. The van der Waals surface area contributed by atoms with Gasteiger partial charge < -0.3 is 0 Å². The third-order valence-corrected chi connectivity index (χ3v) is 5.13. The van der Waals surface area contributed by atoms with Crippen molar-refractivity contribution in [3.8, 4) is 22.5 Å². The van der Waals surface area contributed by atoms with Crippen molar-refractivity contribution in [3.05, 3.63) is 102 Å². The van der Waals surface area contributed by atoms with Crippen LogP contribution in [-0.4, -0.2) is 26.5 Å². The Morgan fingerprint density at radius 3 is 2.10 bits per heavy atom. The Kier molecular flexibility index (Phi) is 5.76. The van der Waals surface area contributed by atoms with Crippen LogP contribution in [0.3, 0.4) is 0 Å². The van der Waals surface area contributed by atoms with Gasteiger partial charge in [0.05, 0.1) is 17.8 Å². The molecule has 31 heavy (non-hydrogen) atoms. The van der Waals surface area contributed by atoms with Crippen molar-refractivity contribution in [3.63, 3.8) is 0 Å². The Bertz CT molecular complexity index is 1250. The third kappa shape index (κ3) is 4.46. The van der Waals surface area contributed by atoms with Gasteiger partial charge in [-0.1, -0.05) is 12.1 Å². The number of rotatable bonds is 6. The molecule has 0 amide bonds. The number of aromatic nitrogens is 3. The van der Waals surface area contributed by atoms with Gasteiger partial charge >= 0.3 is 0 Å². The number of hydrogen-bond donors (Lipinski definition) is 0. The Morgan fingerprint density at radius 1 is 0.742 bits per heavy atom. The van der Waals surface area contributed by atoms with Crippen molar-refractivity contribution in [1.82, 2.24) is 15.0 Å². The molecular formula is C26H21N3O2. The topological polar surface area (TPSA) is 72.8 Å². The Hall–Kier alpha value is -3.99. The smallest absolute Gasteiger partial charge is 0.188 e. The summed E-state index contributed by atoms with van der Waals surface area (Å²) in [6, 6.07) is 18.6. The highest BCUT2D eigenvalue weighted by Crippen LogP contribution is 2.31. The van der Waals surface area contributed by atoms with E-state index in [1.54, 1.807) is 24.7 Å². The molecule has 0 spiro atoms. The Balaban J connectivity index is 1.77. The SMILES string of the molecule is Cc1ccnc(C(=O)CC(=O)c2cc(-c3ccccn3)cc(-c3ccccn3)c2C)c1. The summed E-state index contributed by atoms with van der Waals surface area (Å²) in [6.07, 6.45) is 4.77. The van der Waals surface area contributed by atoms with E-state index in [0.29, 0.717) is 11.3 Å². The standard InChI is InChI=1S/C26H21N3O2/c1-17-9-12-29-24(13-17)26(31)16-25(30)21-15-19(22-7-3-5-10-27-22)14-20(18(21)2)23-8-4-6-11-28-23/h3-15H,16H2,1-2H3. The van der Waals surface area contributed by atoms with E-state index >= 15 is 0 Å². The first-order chi connectivity index (χ1) is 15.0. The zero-order valence-corrected chi connectivity index (χ0v) is 17.4. The van der Waals surface area contributed by atoms with Gasteiger partial charge in [-0.3, -0.25) is 24.5 Å². The van der Waals surface area contributed by atoms with Crippen molar-refractivity contribution < 1.29 is 9.59 Å². The molecule has 0 aliphatic carbocycles. The minimum Gasteiger partial charge on any atom is -0.294 e. The number of nitrogens with zero attached hydrogens (tertiary/aromatic N) is 3. The van der Waals surface area contributed by atoms with Gasteiger partial charge in [0, 0.05) is 35.3 Å². The van der Waals surface area contributed by atoms with Crippen LogP contribution in [0.25, 0.3) is 22.5 Å². The largest absolute Gasteiger partial charge is 0.294 e. The van der Waals surface area contributed by atoms with Crippen molar-refractivity contribution in [2.75, 3.05) is 0 Å². The molecule has 5 heteroatoms. The van der Waals surface area contributed by atoms with Crippen LogP contribution in [0.2, 0.25) is 0 Å². The fourth-order valence-corrected chi connectivity index (χ4v) is 3.49. The average Bonchev–Trinajstić information content (AvgIpc) is 2.80. The summed E-state index contributed by atoms with van der Waals surface area (Å²) in [5, 5.41) is 0. The normalized spacial score (nSPS) is 10.6. The first kappa shape index (κ1) is 20.3. The van der Waals surface area contributed by atoms with Gasteiger partial charge in [-0.2, -0.15) is 0 Å². The van der Waals surface area contributed by atoms with E-state index in [1.807, 2.05) is 68.4 Å². The number of Topliss-reactive ketones (excluding diaryl/α,β-unsaturated/α-hetero) is 2. The molecule has 5 nitrogen and oxygen atoms in total. The number of carbonyl (C=O) groups excluding carboxylic acids is 2. The molecule has 0 N–H and O–H groups in total. The van der Waals surface area contributed by atoms with Crippen LogP contribution in [-0.2, 0) is 0 Å². The second-order valence-corrected chi connectivity index (χ2v) is 7.37. The second-order valence-electron chi connectivity index (χ2n) is 7.37. The molecule has 0 aliphatic heterocycles. The van der Waals surface area contributed by atoms with Crippen LogP contribution in [0.5, 0.6) is 0 Å². The minimum absolute atomic E-state index is 0.245. The summed E-state index contributed by atoms with van der Waals surface area (Å²) >= 11 is 0. The molecule has 0 saturated carbocycles. The molecule has 3 heterocycles. The molecule has 0 atom stereocenters. The highest BCUT2D eigenvalue weighted by atomic mass is 16.1. The summed E-state index contributed by atoms with van der Waals surface area (Å²) in [7, 11) is 0. The van der Waals surface area contributed by atoms with Crippen LogP contribution < -0.4 is 0 Å². The highest BCUT2D eigenvalue weighted by Gasteiger charge is 2.20. The summed E-state index contributed by atoms with van der Waals surface area (Å²) in [6.45, 7) is 3.77. The maximum atomic E-state index is 13.2. The lowest BCUT2D eigenvalue weighted by Crippen LogP contribution is -2.12. The monoisotopic (exact) mass is 407 g/mol. The molecule has 0 saturated heterocycles. The van der Waals surface area contributed by atoms with Crippen LogP contribution in [0.4, 0.5) is 0 Å². The Labute approximate surface area is 180 Å². The molecule has 0 aliphatic rings. The summed E-state index contributed by atoms with van der Waals surface area (Å²) < 4.78 is 0. The van der Waals surface area contributed by atoms with E-state index in [9.17, 15) is 9.59 Å². The molecular weight excluding hydrogens is 386 g/mol. The van der Waals surface area contributed by atoms with Gasteiger partial charge in [0.1, 0.15) is 5.69 Å². The van der Waals surface area contributed by atoms with Crippen LogP contribution in [0, 0.1) is 13.8 Å². The quantitative estimate of drug-likeness (QED) is 0.321. The fourth-order valence-electron chi connectivity index (χ4n) is 3.49. The lowest BCUT2D eigenvalue weighted by molar-refractivity contribution is 0.0891. The van der Waals surface area contributed by atoms with Crippen LogP contribution >= 0.6 is 0 Å². The number of benzene rings is 1. The zero-order chi connectivity index (χ0) is 21.8. The van der Waals surface area contributed by atoms with Gasteiger partial charge in [-0.15, -0.1) is 0 Å². The minimum atomic E-state index is -0.296. The predicted molar refractivity (Wildman–Crippen MR) is 120 cm³/mol. The molecule has 0 bridgehead atoms. The lowest BCUT2D eigenvalue weighted by atomic mass is 9.91. The van der Waals surface area contributed by atoms with Gasteiger partial charge in [0.15, 0.2) is 11.6 Å². The number of pyridine rings is 3. The maximum absolute atomic E-state index is 13.2. The summed E-state index contributed by atoms with van der Waals surface area (Å²) in [5.74, 6) is -0.545. The van der Waals surface area contributed by atoms with Gasteiger partial charge in [-0.25, -0.2) is 0 Å². The fraction of sp³-hybridized carbons (Fsp3) is 0.115. The average molecular weight is 407 g/mol. The van der Waals surface area contributed by atoms with Crippen LogP contribution in [0.1, 0.15) is 38.4 Å². The van der Waals surface area contributed by atoms with Gasteiger partial charge in [-0.05, 0) is 73.5 Å². The van der Waals surface area contributed by atoms with Gasteiger partial charge in [0.2, 0.25) is 0 Å². The molecule has 0 radical (unpaired) electrons. The van der Waals surface area contributed by atoms with E-state index in [2.05, 4.69) is 15.0 Å². The number of hydrogen-bond acceptors (Lipinski definition) is 5. The first-order valence-corrected chi connectivity index (χ1v) is 9.99. The van der Waals surface area contributed by atoms with Crippen molar-refractivity contribution >= 4 is 11.6 Å². The van der Waals surface area contributed by atoms with Crippen LogP contribution in [0.15, 0.2) is 79.3 Å². The van der Waals surface area contributed by atoms with Crippen molar-refractivity contribution in [1.29, 1.82) is 0 Å². The molecule has 4 aromatic rings. The van der Waals surface area contributed by atoms with Crippen molar-refractivity contribution in [2.24, 2.45) is 0 Å². The van der Waals surface area contributed by atoms with E-state index in [-0.39, 0.29) is 18.0 Å². The molecule has 0 unspecified atom stereocenters. The zero-order valence-electron chi connectivity index (χ0n) is 17.4. The molecule has 1 aromatic carbocycles. The van der Waals surface area contributed by atoms with E-state index < -0.39 is 0 Å². The van der Waals surface area contributed by atoms with E-state index in [1.165, 1.54) is 0 Å². The molecule has 3 aromatic heterocycles. The number of ketones is 2. The van der Waals surface area contributed by atoms with E-state index in [0.717, 1.165) is 33.6 Å². The second kappa shape index (κ2) is 8.79. The maximum Gasteiger partial charge on any atom is 0.188 e. The van der Waals surface area contributed by atoms with Gasteiger partial charge in [0.25, 0.3) is 0 Å². The molecule has 0 fully saturated rings. The summed E-state index contributed by atoms with van der Waals surface area (Å²) in [5.41, 5.74) is 5.66. The Morgan fingerprint density at radius 2 is 1.45 bits per heavy atom. The van der Waals surface area contributed by atoms with Crippen molar-refractivity contribution in [2.45, 2.75) is 20.3 Å². The summed E-state index contributed by atoms with van der Waals surface area (Å²) in [4.78, 5) is 38.9. The lowest BCUT2D eigenvalue weighted by Gasteiger charge is -2.14. The number of carbonyl (C=O) groups is 2. The molecule has 4 rings (SSSR count).